The Morgan fingerprint density at radius 2 is 1.97 bits per heavy atom. The van der Waals surface area contributed by atoms with Crippen LogP contribution in [0.2, 0.25) is 0 Å². The average Bonchev–Trinajstić information content (AvgIpc) is 3.27. The quantitative estimate of drug-likeness (QED) is 0.818. The molecule has 2 unspecified atom stereocenters. The summed E-state index contributed by atoms with van der Waals surface area (Å²) in [5.41, 5.74) is 4.58. The molecule has 1 saturated carbocycles. The third-order valence-electron chi connectivity index (χ3n) is 5.68. The van der Waals surface area contributed by atoms with Gasteiger partial charge in [0.25, 0.3) is 0 Å². The van der Waals surface area contributed by atoms with E-state index in [9.17, 15) is 9.59 Å². The number of likely N-dealkylation sites (N-methyl/N-ethyl adjacent to an activating group) is 1. The molecule has 1 heterocycles. The van der Waals surface area contributed by atoms with E-state index in [-0.39, 0.29) is 18.7 Å². The molecule has 2 atom stereocenters. The summed E-state index contributed by atoms with van der Waals surface area (Å²) >= 11 is 0. The fraction of sp³-hybridized carbons (Fsp3) is 0.364. The van der Waals surface area contributed by atoms with E-state index >= 15 is 0 Å². The third-order valence-corrected chi connectivity index (χ3v) is 5.68. The van der Waals surface area contributed by atoms with Crippen molar-refractivity contribution in [2.24, 2.45) is 0 Å². The lowest BCUT2D eigenvalue weighted by atomic mass is 9.98. The Morgan fingerprint density at radius 1 is 1.17 bits per heavy atom. The zero-order valence-corrected chi connectivity index (χ0v) is 16.6. The Balaban J connectivity index is 1.40. The van der Waals surface area contributed by atoms with Crippen LogP contribution in [0, 0.1) is 0 Å². The van der Waals surface area contributed by atoms with E-state index in [0.717, 1.165) is 24.1 Å². The Labute approximate surface area is 170 Å². The predicted octanol–water partition coefficient (Wildman–Crippen LogP) is 3.21. The number of alkyl carbamates (subject to hydrolysis) is 2. The number of nitrogens with one attached hydrogen (secondary N) is 2. The molecule has 7 heteroatoms. The fourth-order valence-corrected chi connectivity index (χ4v) is 4.35. The Hall–Kier alpha value is -3.22. The van der Waals surface area contributed by atoms with Gasteiger partial charge in [-0.15, -0.1) is 0 Å². The maximum absolute atomic E-state index is 12.3. The van der Waals surface area contributed by atoms with Crippen LogP contribution in [0.25, 0.3) is 0 Å². The highest BCUT2D eigenvalue weighted by Crippen LogP contribution is 2.45. The Kier molecular flexibility index (Phi) is 5.29. The second kappa shape index (κ2) is 8.03. The molecule has 29 heavy (non-hydrogen) atoms. The van der Waals surface area contributed by atoms with Crippen molar-refractivity contribution >= 4 is 12.2 Å². The van der Waals surface area contributed by atoms with Gasteiger partial charge in [0.2, 0.25) is 0 Å². The maximum Gasteiger partial charge on any atom is 0.412 e. The number of benzene rings is 1. The number of nitrogens with zero attached hydrogens (tertiary/aromatic N) is 1. The lowest BCUT2D eigenvalue weighted by Crippen LogP contribution is -2.45. The van der Waals surface area contributed by atoms with Crippen molar-refractivity contribution in [3.05, 3.63) is 70.6 Å². The number of fused-ring (bicyclic) bond motifs is 2. The number of carbonyl (C=O) groups is 2. The molecule has 1 aromatic carbocycles. The summed E-state index contributed by atoms with van der Waals surface area (Å²) in [5, 5.41) is 5.51. The number of rotatable bonds is 4. The second-order valence-electron chi connectivity index (χ2n) is 7.41. The monoisotopic (exact) mass is 395 g/mol. The summed E-state index contributed by atoms with van der Waals surface area (Å²) in [6, 6.07) is 9.73. The molecule has 0 spiro atoms. The summed E-state index contributed by atoms with van der Waals surface area (Å²) in [5.74, 6) is 0.628. The van der Waals surface area contributed by atoms with Gasteiger partial charge < -0.3 is 25.0 Å². The molecule has 152 valence electrons. The molecule has 1 aliphatic heterocycles. The average molecular weight is 395 g/mol. The van der Waals surface area contributed by atoms with E-state index in [0.29, 0.717) is 12.2 Å². The lowest BCUT2D eigenvalue weighted by Gasteiger charge is -2.29. The Bertz CT molecular complexity index is 904. The van der Waals surface area contributed by atoms with E-state index in [1.807, 2.05) is 49.5 Å². The van der Waals surface area contributed by atoms with E-state index in [2.05, 4.69) is 15.5 Å². The smallest absolute Gasteiger partial charge is 0.412 e. The summed E-state index contributed by atoms with van der Waals surface area (Å²) in [4.78, 5) is 26.1. The number of allylic oxidation sites excluding steroid dienone is 4. The summed E-state index contributed by atoms with van der Waals surface area (Å²) in [7, 11) is 3.58. The van der Waals surface area contributed by atoms with Crippen molar-refractivity contribution in [1.29, 1.82) is 0 Å². The van der Waals surface area contributed by atoms with Gasteiger partial charge in [-0.25, -0.2) is 9.59 Å². The highest BCUT2D eigenvalue weighted by molar-refractivity contribution is 5.69. The Morgan fingerprint density at radius 3 is 2.72 bits per heavy atom. The molecule has 4 rings (SSSR count). The fourth-order valence-electron chi connectivity index (χ4n) is 4.35. The molecule has 7 nitrogen and oxygen atoms in total. The maximum atomic E-state index is 12.3. The van der Waals surface area contributed by atoms with Crippen LogP contribution in [0.4, 0.5) is 9.59 Å². The molecular formula is C22H25N3O4. The van der Waals surface area contributed by atoms with Gasteiger partial charge in [0.1, 0.15) is 12.4 Å². The van der Waals surface area contributed by atoms with Gasteiger partial charge in [0.05, 0.1) is 12.1 Å². The second-order valence-corrected chi connectivity index (χ2v) is 7.41. The molecule has 0 aromatic heterocycles. The van der Waals surface area contributed by atoms with Crippen LogP contribution in [0.5, 0.6) is 0 Å². The predicted molar refractivity (Wildman–Crippen MR) is 108 cm³/mol. The van der Waals surface area contributed by atoms with Crippen molar-refractivity contribution in [3.63, 3.8) is 0 Å². The molecule has 3 aliphatic rings. The van der Waals surface area contributed by atoms with Gasteiger partial charge in [0.15, 0.2) is 0 Å². The first kappa shape index (κ1) is 19.1. The van der Waals surface area contributed by atoms with Crippen molar-refractivity contribution in [1.82, 2.24) is 15.5 Å². The minimum Gasteiger partial charge on any atom is -0.445 e. The molecule has 2 aliphatic carbocycles. The SMILES string of the molecule is CNC(=O)OC1=CC=C2C(=C3CCC(NC(=O)OCc4ccccc4)C3N2C)C1. The molecule has 0 radical (unpaired) electrons. The standard InChI is InChI=1S/C22H25N3O4/c1-23-21(26)29-15-8-11-19-17(12-15)16-9-10-18(20(16)25(19)2)24-22(27)28-13-14-6-4-3-5-7-14/h3-8,11,18,20H,9-10,12-13H2,1-2H3,(H,23,26)(H,24,27). The number of hydrogen-bond acceptors (Lipinski definition) is 5. The van der Waals surface area contributed by atoms with Crippen LogP contribution in [0.1, 0.15) is 24.8 Å². The highest BCUT2D eigenvalue weighted by Gasteiger charge is 2.44. The zero-order valence-electron chi connectivity index (χ0n) is 16.6. The molecular weight excluding hydrogens is 370 g/mol. The van der Waals surface area contributed by atoms with Crippen LogP contribution in [0.15, 0.2) is 65.1 Å². The van der Waals surface area contributed by atoms with Gasteiger partial charge in [0, 0.05) is 26.2 Å². The minimum absolute atomic E-state index is 0.0133. The first-order chi connectivity index (χ1) is 14.1. The largest absolute Gasteiger partial charge is 0.445 e. The van der Waals surface area contributed by atoms with Crippen molar-refractivity contribution in [3.8, 4) is 0 Å². The topological polar surface area (TPSA) is 79.9 Å². The van der Waals surface area contributed by atoms with Gasteiger partial charge in [-0.2, -0.15) is 0 Å². The minimum atomic E-state index is -0.464. The third kappa shape index (κ3) is 3.85. The lowest BCUT2D eigenvalue weighted by molar-refractivity contribution is 0.132. The van der Waals surface area contributed by atoms with Gasteiger partial charge in [-0.3, -0.25) is 0 Å². The first-order valence-corrected chi connectivity index (χ1v) is 9.79. The molecule has 0 saturated heterocycles. The van der Waals surface area contributed by atoms with Gasteiger partial charge in [-0.1, -0.05) is 30.3 Å². The van der Waals surface area contributed by atoms with Crippen molar-refractivity contribution in [2.75, 3.05) is 14.1 Å². The number of amides is 2. The summed E-state index contributed by atoms with van der Waals surface area (Å²) in [6.45, 7) is 0.253. The zero-order chi connectivity index (χ0) is 20.4. The highest BCUT2D eigenvalue weighted by atomic mass is 16.6. The van der Waals surface area contributed by atoms with E-state index in [1.54, 1.807) is 7.05 Å². The van der Waals surface area contributed by atoms with Crippen LogP contribution in [0.3, 0.4) is 0 Å². The van der Waals surface area contributed by atoms with E-state index in [4.69, 9.17) is 9.47 Å². The molecule has 0 bridgehead atoms. The van der Waals surface area contributed by atoms with Crippen LogP contribution in [-0.4, -0.2) is 43.3 Å². The summed E-state index contributed by atoms with van der Waals surface area (Å²) < 4.78 is 10.7. The molecule has 2 N–H and O–H groups in total. The van der Waals surface area contributed by atoms with Gasteiger partial charge >= 0.3 is 12.2 Å². The number of hydrogen-bond donors (Lipinski definition) is 2. The van der Waals surface area contributed by atoms with Crippen molar-refractivity contribution < 1.29 is 19.1 Å². The van der Waals surface area contributed by atoms with E-state index in [1.165, 1.54) is 11.1 Å². The molecule has 2 amide bonds. The van der Waals surface area contributed by atoms with Crippen LogP contribution in [-0.2, 0) is 16.1 Å². The normalized spacial score (nSPS) is 22.3. The number of ether oxygens (including phenoxy) is 2. The molecule has 1 aromatic rings. The van der Waals surface area contributed by atoms with Gasteiger partial charge in [-0.05, 0) is 41.7 Å². The van der Waals surface area contributed by atoms with Crippen LogP contribution < -0.4 is 10.6 Å². The van der Waals surface area contributed by atoms with Crippen molar-refractivity contribution in [2.45, 2.75) is 38.0 Å². The number of carbonyl (C=O) groups excluding carboxylic acids is 2. The first-order valence-electron chi connectivity index (χ1n) is 9.79. The van der Waals surface area contributed by atoms with E-state index < -0.39 is 12.2 Å². The van der Waals surface area contributed by atoms with Crippen LogP contribution >= 0.6 is 0 Å². The molecule has 1 fully saturated rings. The summed E-state index contributed by atoms with van der Waals surface area (Å²) in [6.07, 6.45) is 5.30.